The van der Waals surface area contributed by atoms with Crippen molar-refractivity contribution in [2.45, 2.75) is 51.5 Å². The average molecular weight is 213 g/mol. The maximum Gasteiger partial charge on any atom is 0.320 e. The highest BCUT2D eigenvalue weighted by atomic mass is 16.4. The first-order valence-electron chi connectivity index (χ1n) is 5.79. The zero-order chi connectivity index (χ0) is 11.5. The molecule has 0 aliphatic heterocycles. The van der Waals surface area contributed by atoms with Crippen LogP contribution in [0.3, 0.4) is 0 Å². The second-order valence-electron chi connectivity index (χ2n) is 3.79. The third kappa shape index (κ3) is 8.18. The number of carbonyl (C=O) groups is 1. The molecular weight excluding hydrogens is 190 g/mol. The van der Waals surface area contributed by atoms with E-state index < -0.39 is 12.0 Å². The lowest BCUT2D eigenvalue weighted by molar-refractivity contribution is -0.139. The third-order valence-corrected chi connectivity index (χ3v) is 2.40. The number of nitrogens with one attached hydrogen (secondary N) is 1. The molecule has 0 bridgehead atoms. The molecule has 0 saturated heterocycles. The maximum atomic E-state index is 10.8. The van der Waals surface area contributed by atoms with Crippen LogP contribution in [0.15, 0.2) is 12.7 Å². The maximum absolute atomic E-state index is 10.8. The lowest BCUT2D eigenvalue weighted by atomic mass is 10.1. The van der Waals surface area contributed by atoms with Crippen molar-refractivity contribution in [1.82, 2.24) is 5.32 Å². The SMILES string of the molecule is C=CCNC(CCCCCCC)C(=O)O. The monoisotopic (exact) mass is 213 g/mol. The van der Waals surface area contributed by atoms with Crippen LogP contribution in [0.4, 0.5) is 0 Å². The van der Waals surface area contributed by atoms with Gasteiger partial charge in [-0.05, 0) is 6.42 Å². The molecule has 0 aromatic carbocycles. The predicted molar refractivity (Wildman–Crippen MR) is 63.0 cm³/mol. The summed E-state index contributed by atoms with van der Waals surface area (Å²) >= 11 is 0. The molecular formula is C12H23NO2. The van der Waals surface area contributed by atoms with Crippen molar-refractivity contribution in [1.29, 1.82) is 0 Å². The fourth-order valence-corrected chi connectivity index (χ4v) is 1.49. The van der Waals surface area contributed by atoms with Crippen LogP contribution in [-0.4, -0.2) is 23.7 Å². The molecule has 1 unspecified atom stereocenters. The predicted octanol–water partition coefficient (Wildman–Crippen LogP) is 2.58. The molecule has 0 aromatic heterocycles. The molecule has 0 fully saturated rings. The summed E-state index contributed by atoms with van der Waals surface area (Å²) in [4.78, 5) is 10.8. The topological polar surface area (TPSA) is 49.3 Å². The zero-order valence-corrected chi connectivity index (χ0v) is 9.67. The minimum atomic E-state index is -0.757. The Hall–Kier alpha value is -0.830. The fraction of sp³-hybridized carbons (Fsp3) is 0.750. The molecule has 3 heteroatoms. The van der Waals surface area contributed by atoms with E-state index in [1.807, 2.05) is 0 Å². The van der Waals surface area contributed by atoms with E-state index in [1.165, 1.54) is 19.3 Å². The van der Waals surface area contributed by atoms with E-state index >= 15 is 0 Å². The van der Waals surface area contributed by atoms with Gasteiger partial charge in [0.05, 0.1) is 0 Å². The molecule has 0 rings (SSSR count). The number of hydrogen-bond acceptors (Lipinski definition) is 2. The Morgan fingerprint density at radius 1 is 1.40 bits per heavy atom. The van der Waals surface area contributed by atoms with Gasteiger partial charge in [0.2, 0.25) is 0 Å². The van der Waals surface area contributed by atoms with Gasteiger partial charge in [-0.25, -0.2) is 0 Å². The highest BCUT2D eigenvalue weighted by Gasteiger charge is 2.14. The van der Waals surface area contributed by atoms with Crippen LogP contribution in [0, 0.1) is 0 Å². The Morgan fingerprint density at radius 3 is 2.60 bits per heavy atom. The van der Waals surface area contributed by atoms with Crippen molar-refractivity contribution in [3.63, 3.8) is 0 Å². The van der Waals surface area contributed by atoms with E-state index in [2.05, 4.69) is 18.8 Å². The first-order valence-corrected chi connectivity index (χ1v) is 5.79. The summed E-state index contributed by atoms with van der Waals surface area (Å²) in [6.07, 6.45) is 8.20. The highest BCUT2D eigenvalue weighted by molar-refractivity contribution is 5.73. The molecule has 0 heterocycles. The number of aliphatic carboxylic acids is 1. The molecule has 0 spiro atoms. The van der Waals surface area contributed by atoms with Crippen LogP contribution in [0.25, 0.3) is 0 Å². The Bertz CT molecular complexity index is 180. The van der Waals surface area contributed by atoms with Crippen LogP contribution < -0.4 is 5.32 Å². The van der Waals surface area contributed by atoms with E-state index in [0.717, 1.165) is 12.8 Å². The lowest BCUT2D eigenvalue weighted by Gasteiger charge is -2.12. The van der Waals surface area contributed by atoms with Gasteiger partial charge >= 0.3 is 5.97 Å². The fourth-order valence-electron chi connectivity index (χ4n) is 1.49. The summed E-state index contributed by atoms with van der Waals surface area (Å²) in [5.74, 6) is -0.757. The van der Waals surface area contributed by atoms with Gasteiger partial charge in [-0.15, -0.1) is 6.58 Å². The summed E-state index contributed by atoms with van der Waals surface area (Å²) in [5, 5.41) is 11.8. The van der Waals surface area contributed by atoms with Crippen LogP contribution in [-0.2, 0) is 4.79 Å². The first kappa shape index (κ1) is 14.2. The quantitative estimate of drug-likeness (QED) is 0.433. The molecule has 0 aromatic rings. The van der Waals surface area contributed by atoms with Crippen LogP contribution in [0.5, 0.6) is 0 Å². The molecule has 1 atom stereocenters. The van der Waals surface area contributed by atoms with Crippen molar-refractivity contribution in [3.8, 4) is 0 Å². The molecule has 2 N–H and O–H groups in total. The van der Waals surface area contributed by atoms with Gasteiger partial charge in [-0.2, -0.15) is 0 Å². The zero-order valence-electron chi connectivity index (χ0n) is 9.67. The summed E-state index contributed by atoms with van der Waals surface area (Å²) in [5.41, 5.74) is 0. The van der Waals surface area contributed by atoms with E-state index in [-0.39, 0.29) is 0 Å². The Kier molecular flexibility index (Phi) is 9.18. The minimum Gasteiger partial charge on any atom is -0.480 e. The van der Waals surface area contributed by atoms with Crippen LogP contribution in [0.1, 0.15) is 45.4 Å². The summed E-state index contributed by atoms with van der Waals surface area (Å²) in [7, 11) is 0. The van der Waals surface area contributed by atoms with Crippen molar-refractivity contribution >= 4 is 5.97 Å². The molecule has 0 amide bonds. The van der Waals surface area contributed by atoms with Gasteiger partial charge in [-0.3, -0.25) is 4.79 Å². The number of hydrogen-bond donors (Lipinski definition) is 2. The largest absolute Gasteiger partial charge is 0.480 e. The van der Waals surface area contributed by atoms with Gasteiger partial charge in [0.25, 0.3) is 0 Å². The molecule has 3 nitrogen and oxygen atoms in total. The van der Waals surface area contributed by atoms with Crippen molar-refractivity contribution < 1.29 is 9.90 Å². The molecule has 0 radical (unpaired) electrons. The van der Waals surface area contributed by atoms with Crippen molar-refractivity contribution in [2.24, 2.45) is 0 Å². The van der Waals surface area contributed by atoms with Gasteiger partial charge in [0.1, 0.15) is 6.04 Å². The summed E-state index contributed by atoms with van der Waals surface area (Å²) in [6, 6.07) is -0.412. The second-order valence-corrected chi connectivity index (χ2v) is 3.79. The van der Waals surface area contributed by atoms with Gasteiger partial charge in [0.15, 0.2) is 0 Å². The minimum absolute atomic E-state index is 0.412. The summed E-state index contributed by atoms with van der Waals surface area (Å²) < 4.78 is 0. The molecule has 0 aliphatic rings. The Morgan fingerprint density at radius 2 is 2.07 bits per heavy atom. The first-order chi connectivity index (χ1) is 7.22. The van der Waals surface area contributed by atoms with E-state index in [0.29, 0.717) is 13.0 Å². The number of rotatable bonds is 10. The number of unbranched alkanes of at least 4 members (excludes halogenated alkanes) is 4. The normalized spacial score (nSPS) is 12.3. The van der Waals surface area contributed by atoms with E-state index in [4.69, 9.17) is 5.11 Å². The molecule has 88 valence electrons. The van der Waals surface area contributed by atoms with Crippen LogP contribution in [0.2, 0.25) is 0 Å². The van der Waals surface area contributed by atoms with Gasteiger partial charge in [0, 0.05) is 6.54 Å². The highest BCUT2D eigenvalue weighted by Crippen LogP contribution is 2.07. The number of carboxylic acids is 1. The Labute approximate surface area is 92.6 Å². The van der Waals surface area contributed by atoms with Gasteiger partial charge in [-0.1, -0.05) is 45.1 Å². The van der Waals surface area contributed by atoms with Gasteiger partial charge < -0.3 is 10.4 Å². The average Bonchev–Trinajstić information content (AvgIpc) is 2.21. The van der Waals surface area contributed by atoms with Crippen molar-refractivity contribution in [2.75, 3.05) is 6.54 Å². The van der Waals surface area contributed by atoms with E-state index in [9.17, 15) is 4.79 Å². The molecule has 15 heavy (non-hydrogen) atoms. The smallest absolute Gasteiger partial charge is 0.320 e. The molecule has 0 saturated carbocycles. The molecule has 0 aliphatic carbocycles. The second kappa shape index (κ2) is 9.71. The Balaban J connectivity index is 3.57. The van der Waals surface area contributed by atoms with E-state index in [1.54, 1.807) is 6.08 Å². The lowest BCUT2D eigenvalue weighted by Crippen LogP contribution is -2.36. The van der Waals surface area contributed by atoms with Crippen molar-refractivity contribution in [3.05, 3.63) is 12.7 Å². The van der Waals surface area contributed by atoms with Crippen LogP contribution >= 0.6 is 0 Å². The standard InChI is InChI=1S/C12H23NO2/c1-3-5-6-7-8-9-11(12(14)15)13-10-4-2/h4,11,13H,2-3,5-10H2,1H3,(H,14,15). The summed E-state index contributed by atoms with van der Waals surface area (Å²) in [6.45, 7) is 6.29. The third-order valence-electron chi connectivity index (χ3n) is 2.40. The number of carboxylic acid groups (broad SMARTS) is 1.